The molecule has 32 heavy (non-hydrogen) atoms. The monoisotopic (exact) mass is 450 g/mol. The first kappa shape index (κ1) is 23.5. The molecule has 0 aromatic heterocycles. The Hall–Kier alpha value is -3.12. The number of nitrogens with one attached hydrogen (secondary N) is 1. The van der Waals surface area contributed by atoms with Crippen molar-refractivity contribution in [3.63, 3.8) is 0 Å². The zero-order chi connectivity index (χ0) is 22.8. The molecular formula is C26H27FN2O2S. The minimum absolute atomic E-state index is 0.0233. The Morgan fingerprint density at radius 1 is 0.938 bits per heavy atom. The van der Waals surface area contributed by atoms with Gasteiger partial charge in [0.1, 0.15) is 11.9 Å². The highest BCUT2D eigenvalue weighted by molar-refractivity contribution is 8.00. The van der Waals surface area contributed by atoms with Crippen LogP contribution in [0.25, 0.3) is 0 Å². The second kappa shape index (κ2) is 12.1. The van der Waals surface area contributed by atoms with Gasteiger partial charge < -0.3 is 10.2 Å². The first-order valence-electron chi connectivity index (χ1n) is 10.6. The lowest BCUT2D eigenvalue weighted by molar-refractivity contribution is -0.139. The van der Waals surface area contributed by atoms with E-state index >= 15 is 0 Å². The first-order chi connectivity index (χ1) is 15.6. The lowest BCUT2D eigenvalue weighted by atomic mass is 10.0. The molecule has 3 rings (SSSR count). The molecule has 0 aliphatic carbocycles. The molecule has 3 aromatic carbocycles. The molecule has 1 N–H and O–H groups in total. The molecule has 0 saturated carbocycles. The average Bonchev–Trinajstić information content (AvgIpc) is 2.82. The molecule has 0 radical (unpaired) electrons. The van der Waals surface area contributed by atoms with E-state index in [-0.39, 0.29) is 24.1 Å². The fraction of sp³-hybridized carbons (Fsp3) is 0.231. The van der Waals surface area contributed by atoms with Crippen LogP contribution >= 0.6 is 11.8 Å². The van der Waals surface area contributed by atoms with Crippen LogP contribution in [0.5, 0.6) is 0 Å². The van der Waals surface area contributed by atoms with Crippen LogP contribution < -0.4 is 5.32 Å². The molecule has 0 fully saturated rings. The molecule has 2 amide bonds. The van der Waals surface area contributed by atoms with Crippen LogP contribution in [0.2, 0.25) is 0 Å². The van der Waals surface area contributed by atoms with E-state index in [9.17, 15) is 14.0 Å². The molecule has 0 spiro atoms. The van der Waals surface area contributed by atoms with Gasteiger partial charge in [-0.2, -0.15) is 0 Å². The van der Waals surface area contributed by atoms with Crippen molar-refractivity contribution in [1.29, 1.82) is 0 Å². The minimum atomic E-state index is -0.749. The summed E-state index contributed by atoms with van der Waals surface area (Å²) < 4.78 is 14.5. The number of rotatable bonds is 10. The van der Waals surface area contributed by atoms with Crippen LogP contribution in [-0.4, -0.2) is 35.1 Å². The maximum atomic E-state index is 14.5. The molecule has 0 saturated heterocycles. The Morgan fingerprint density at radius 2 is 1.56 bits per heavy atom. The fourth-order valence-electron chi connectivity index (χ4n) is 3.40. The highest BCUT2D eigenvalue weighted by Crippen LogP contribution is 2.21. The van der Waals surface area contributed by atoms with Crippen LogP contribution in [0.4, 0.5) is 4.39 Å². The third kappa shape index (κ3) is 6.69. The molecule has 0 unspecified atom stereocenters. The van der Waals surface area contributed by atoms with Crippen molar-refractivity contribution in [2.45, 2.75) is 30.8 Å². The summed E-state index contributed by atoms with van der Waals surface area (Å²) in [6, 6.07) is 24.8. The summed E-state index contributed by atoms with van der Waals surface area (Å²) in [4.78, 5) is 28.9. The predicted molar refractivity (Wildman–Crippen MR) is 127 cm³/mol. The van der Waals surface area contributed by atoms with Crippen LogP contribution in [0, 0.1) is 5.82 Å². The number of hydrogen-bond donors (Lipinski definition) is 1. The number of thioether (sulfide) groups is 1. The maximum absolute atomic E-state index is 14.5. The van der Waals surface area contributed by atoms with Crippen molar-refractivity contribution in [1.82, 2.24) is 10.2 Å². The molecule has 6 heteroatoms. The Bertz CT molecular complexity index is 1010. The lowest BCUT2D eigenvalue weighted by Crippen LogP contribution is -2.51. The van der Waals surface area contributed by atoms with Gasteiger partial charge in [0.25, 0.3) is 0 Å². The van der Waals surface area contributed by atoms with Crippen LogP contribution in [-0.2, 0) is 22.6 Å². The Kier molecular flexibility index (Phi) is 8.87. The van der Waals surface area contributed by atoms with Crippen LogP contribution in [0.1, 0.15) is 18.1 Å². The molecule has 166 valence electrons. The lowest BCUT2D eigenvalue weighted by Gasteiger charge is -2.31. The Balaban J connectivity index is 1.89. The van der Waals surface area contributed by atoms with Crippen molar-refractivity contribution in [3.05, 3.63) is 102 Å². The van der Waals surface area contributed by atoms with Gasteiger partial charge in [0.15, 0.2) is 0 Å². The van der Waals surface area contributed by atoms with Gasteiger partial charge in [-0.05, 0) is 30.7 Å². The zero-order valence-electron chi connectivity index (χ0n) is 18.0. The first-order valence-corrected chi connectivity index (χ1v) is 11.6. The van der Waals surface area contributed by atoms with E-state index in [4.69, 9.17) is 0 Å². The number of carbonyl (C=O) groups is 2. The summed E-state index contributed by atoms with van der Waals surface area (Å²) in [6.07, 6.45) is 0.350. The molecule has 0 aliphatic rings. The smallest absolute Gasteiger partial charge is 0.243 e. The molecule has 3 aromatic rings. The highest BCUT2D eigenvalue weighted by Gasteiger charge is 2.30. The van der Waals surface area contributed by atoms with E-state index in [1.54, 1.807) is 18.2 Å². The topological polar surface area (TPSA) is 49.4 Å². The van der Waals surface area contributed by atoms with Crippen molar-refractivity contribution in [2.24, 2.45) is 0 Å². The summed E-state index contributed by atoms with van der Waals surface area (Å²) in [6.45, 7) is 2.31. The van der Waals surface area contributed by atoms with Gasteiger partial charge in [-0.15, -0.1) is 11.8 Å². The van der Waals surface area contributed by atoms with Gasteiger partial charge in [0, 0.05) is 30.0 Å². The fourth-order valence-corrected chi connectivity index (χ4v) is 4.21. The van der Waals surface area contributed by atoms with Gasteiger partial charge in [-0.25, -0.2) is 4.39 Å². The Labute approximate surface area is 192 Å². The Morgan fingerprint density at radius 3 is 2.22 bits per heavy atom. The summed E-state index contributed by atoms with van der Waals surface area (Å²) in [5, 5.41) is 2.84. The van der Waals surface area contributed by atoms with Gasteiger partial charge in [0.2, 0.25) is 11.8 Å². The number of amides is 2. The standard InChI is InChI=1S/C26H27FN2O2S/c1-2-28-26(31)24(17-20-11-5-3-6-12-20)29(18-21-13-9-10-16-23(21)27)25(30)19-32-22-14-7-4-8-15-22/h3-16,24H,2,17-19H2,1H3,(H,28,31)/t24-/m1/s1. The highest BCUT2D eigenvalue weighted by atomic mass is 32.2. The van der Waals surface area contributed by atoms with Gasteiger partial charge in [-0.3, -0.25) is 9.59 Å². The second-order valence-electron chi connectivity index (χ2n) is 7.31. The molecule has 0 bridgehead atoms. The summed E-state index contributed by atoms with van der Waals surface area (Å²) in [7, 11) is 0. The molecule has 4 nitrogen and oxygen atoms in total. The molecule has 0 aliphatic heterocycles. The van der Waals surface area contributed by atoms with Crippen LogP contribution in [0.3, 0.4) is 0 Å². The maximum Gasteiger partial charge on any atom is 0.243 e. The van der Waals surface area contributed by atoms with E-state index in [1.807, 2.05) is 67.6 Å². The normalized spacial score (nSPS) is 11.6. The summed E-state index contributed by atoms with van der Waals surface area (Å²) >= 11 is 1.40. The van der Waals surface area contributed by atoms with Gasteiger partial charge in [0.05, 0.1) is 5.75 Å². The van der Waals surface area contributed by atoms with Crippen LogP contribution in [0.15, 0.2) is 89.8 Å². The number of likely N-dealkylation sites (N-methyl/N-ethyl adjacent to an activating group) is 1. The minimum Gasteiger partial charge on any atom is -0.355 e. The number of hydrogen-bond acceptors (Lipinski definition) is 3. The quantitative estimate of drug-likeness (QED) is 0.456. The van der Waals surface area contributed by atoms with Crippen molar-refractivity contribution in [3.8, 4) is 0 Å². The van der Waals surface area contributed by atoms with Crippen molar-refractivity contribution < 1.29 is 14.0 Å². The number of halogens is 1. The SMILES string of the molecule is CCNC(=O)[C@@H](Cc1ccccc1)N(Cc1ccccc1F)C(=O)CSc1ccccc1. The summed E-state index contributed by atoms with van der Waals surface area (Å²) in [5.74, 6) is -0.696. The third-order valence-electron chi connectivity index (χ3n) is 5.03. The van der Waals surface area contributed by atoms with Crippen molar-refractivity contribution in [2.75, 3.05) is 12.3 Å². The molecule has 1 atom stereocenters. The average molecular weight is 451 g/mol. The number of carbonyl (C=O) groups excluding carboxylic acids is 2. The van der Waals surface area contributed by atoms with Gasteiger partial charge in [-0.1, -0.05) is 66.7 Å². The number of nitrogens with zero attached hydrogens (tertiary/aromatic N) is 1. The van der Waals surface area contributed by atoms with E-state index in [2.05, 4.69) is 5.32 Å². The number of benzene rings is 3. The van der Waals surface area contributed by atoms with Gasteiger partial charge >= 0.3 is 0 Å². The van der Waals surface area contributed by atoms with Crippen molar-refractivity contribution >= 4 is 23.6 Å². The third-order valence-corrected chi connectivity index (χ3v) is 6.02. The van der Waals surface area contributed by atoms with E-state index < -0.39 is 11.9 Å². The molecular weight excluding hydrogens is 423 g/mol. The second-order valence-corrected chi connectivity index (χ2v) is 8.36. The molecule has 0 heterocycles. The zero-order valence-corrected chi connectivity index (χ0v) is 18.9. The largest absolute Gasteiger partial charge is 0.355 e. The predicted octanol–water partition coefficient (Wildman–Crippen LogP) is 4.69. The summed E-state index contributed by atoms with van der Waals surface area (Å²) in [5.41, 5.74) is 1.32. The van der Waals surface area contributed by atoms with E-state index in [0.717, 1.165) is 10.5 Å². The van der Waals surface area contributed by atoms with E-state index in [0.29, 0.717) is 18.5 Å². The van der Waals surface area contributed by atoms with E-state index in [1.165, 1.54) is 22.7 Å².